The summed E-state index contributed by atoms with van der Waals surface area (Å²) in [6.45, 7) is 0. The van der Waals surface area contributed by atoms with Crippen molar-refractivity contribution in [1.82, 2.24) is 14.6 Å². The van der Waals surface area contributed by atoms with Gasteiger partial charge < -0.3 is 10.4 Å². The number of aromatic nitrogens is 3. The Hall–Kier alpha value is -3.49. The topological polar surface area (TPSA) is 123 Å². The molecule has 110 valence electrons. The molecule has 0 atom stereocenters. The van der Waals surface area contributed by atoms with Crippen LogP contribution in [0, 0.1) is 10.1 Å². The number of anilines is 1. The van der Waals surface area contributed by atoms with Gasteiger partial charge in [-0.1, -0.05) is 0 Å². The quantitative estimate of drug-likeness (QED) is 0.430. The highest BCUT2D eigenvalue weighted by Crippen LogP contribution is 2.28. The number of carbonyl (C=O) groups is 1. The van der Waals surface area contributed by atoms with Gasteiger partial charge in [0.05, 0.1) is 16.7 Å². The first kappa shape index (κ1) is 13.5. The molecule has 3 aromatic rings. The van der Waals surface area contributed by atoms with Gasteiger partial charge in [-0.15, -0.1) is 0 Å². The molecule has 1 aromatic carbocycles. The van der Waals surface area contributed by atoms with E-state index >= 15 is 0 Å². The summed E-state index contributed by atoms with van der Waals surface area (Å²) >= 11 is 0. The Kier molecular flexibility index (Phi) is 3.14. The number of benzene rings is 1. The van der Waals surface area contributed by atoms with Gasteiger partial charge in [0, 0.05) is 24.5 Å². The number of carbonyl (C=O) groups excluding carboxylic acids is 1. The number of hydrogen-bond acceptors (Lipinski definition) is 6. The Balaban J connectivity index is 1.86. The molecular formula is C13H9N5O4. The van der Waals surface area contributed by atoms with E-state index in [1.165, 1.54) is 22.7 Å². The molecule has 2 aromatic heterocycles. The van der Waals surface area contributed by atoms with Crippen molar-refractivity contribution in [1.29, 1.82) is 0 Å². The largest absolute Gasteiger partial charge is 0.506 e. The molecular weight excluding hydrogens is 290 g/mol. The molecule has 2 N–H and O–H groups in total. The number of phenols is 1. The van der Waals surface area contributed by atoms with Crippen LogP contribution in [0.3, 0.4) is 0 Å². The first-order valence-corrected chi connectivity index (χ1v) is 6.14. The molecule has 0 unspecified atom stereocenters. The summed E-state index contributed by atoms with van der Waals surface area (Å²) in [5.74, 6) is -0.959. The van der Waals surface area contributed by atoms with Gasteiger partial charge in [-0.05, 0) is 12.1 Å². The third-order valence-corrected chi connectivity index (χ3v) is 2.91. The van der Waals surface area contributed by atoms with Crippen molar-refractivity contribution in [2.75, 3.05) is 5.32 Å². The fraction of sp³-hybridized carbons (Fsp3) is 0. The maximum Gasteiger partial charge on any atom is 0.276 e. The monoisotopic (exact) mass is 299 g/mol. The predicted molar refractivity (Wildman–Crippen MR) is 75.7 cm³/mol. The fourth-order valence-corrected chi connectivity index (χ4v) is 1.87. The first-order valence-electron chi connectivity index (χ1n) is 6.14. The Morgan fingerprint density at radius 1 is 1.36 bits per heavy atom. The van der Waals surface area contributed by atoms with Crippen LogP contribution in [0.2, 0.25) is 0 Å². The Morgan fingerprint density at radius 3 is 2.86 bits per heavy atom. The number of amides is 1. The van der Waals surface area contributed by atoms with E-state index in [2.05, 4.69) is 15.4 Å². The lowest BCUT2D eigenvalue weighted by atomic mass is 10.2. The zero-order valence-corrected chi connectivity index (χ0v) is 11.0. The number of nitro benzene ring substituents is 1. The van der Waals surface area contributed by atoms with Crippen molar-refractivity contribution in [3.8, 4) is 5.75 Å². The van der Waals surface area contributed by atoms with Crippen LogP contribution in [0.4, 0.5) is 11.4 Å². The first-order chi connectivity index (χ1) is 10.5. The van der Waals surface area contributed by atoms with E-state index in [0.717, 1.165) is 6.07 Å². The highest BCUT2D eigenvalue weighted by Gasteiger charge is 2.15. The number of aromatic hydroxyl groups is 1. The number of nitro groups is 1. The molecule has 9 heteroatoms. The van der Waals surface area contributed by atoms with E-state index in [0.29, 0.717) is 5.65 Å². The highest BCUT2D eigenvalue weighted by molar-refractivity contribution is 6.04. The van der Waals surface area contributed by atoms with Gasteiger partial charge in [-0.2, -0.15) is 5.10 Å². The third kappa shape index (κ3) is 2.42. The second kappa shape index (κ2) is 5.13. The molecule has 0 saturated heterocycles. The van der Waals surface area contributed by atoms with Gasteiger partial charge in [0.1, 0.15) is 5.75 Å². The molecule has 0 aliphatic carbocycles. The number of hydrogen-bond donors (Lipinski definition) is 2. The van der Waals surface area contributed by atoms with Crippen LogP contribution < -0.4 is 5.32 Å². The van der Waals surface area contributed by atoms with Crippen LogP contribution in [0.1, 0.15) is 10.5 Å². The van der Waals surface area contributed by atoms with E-state index in [9.17, 15) is 20.0 Å². The van der Waals surface area contributed by atoms with Crippen LogP contribution in [-0.4, -0.2) is 30.5 Å². The molecule has 22 heavy (non-hydrogen) atoms. The molecule has 3 rings (SSSR count). The van der Waals surface area contributed by atoms with Crippen LogP contribution in [-0.2, 0) is 0 Å². The number of phenolic OH excluding ortho intramolecular Hbond substituents is 1. The van der Waals surface area contributed by atoms with E-state index in [1.54, 1.807) is 18.5 Å². The summed E-state index contributed by atoms with van der Waals surface area (Å²) in [4.78, 5) is 26.1. The number of non-ortho nitro benzene ring substituents is 1. The van der Waals surface area contributed by atoms with Crippen molar-refractivity contribution in [3.63, 3.8) is 0 Å². The number of rotatable bonds is 3. The second-order valence-corrected chi connectivity index (χ2v) is 4.36. The number of nitrogens with zero attached hydrogens (tertiary/aromatic N) is 4. The van der Waals surface area contributed by atoms with E-state index in [4.69, 9.17) is 0 Å². The van der Waals surface area contributed by atoms with Crippen LogP contribution in [0.25, 0.3) is 5.65 Å². The van der Waals surface area contributed by atoms with E-state index in [1.807, 2.05) is 0 Å². The summed E-state index contributed by atoms with van der Waals surface area (Å²) in [7, 11) is 0. The average molecular weight is 299 g/mol. The summed E-state index contributed by atoms with van der Waals surface area (Å²) in [6.07, 6.45) is 3.21. The van der Waals surface area contributed by atoms with Crippen molar-refractivity contribution in [3.05, 3.63) is 58.5 Å². The number of fused-ring (bicyclic) bond motifs is 1. The van der Waals surface area contributed by atoms with Gasteiger partial charge in [0.2, 0.25) is 0 Å². The molecule has 0 saturated carbocycles. The van der Waals surface area contributed by atoms with Gasteiger partial charge in [-0.25, -0.2) is 9.50 Å². The van der Waals surface area contributed by atoms with Gasteiger partial charge >= 0.3 is 0 Å². The van der Waals surface area contributed by atoms with E-state index < -0.39 is 16.6 Å². The molecule has 1 amide bonds. The third-order valence-electron chi connectivity index (χ3n) is 2.91. The molecule has 0 aliphatic heterocycles. The standard InChI is InChI=1S/C13H9N5O4/c19-11-6-8(18(21)22)2-3-9(11)15-13(20)10-7-12-14-4-1-5-17(12)16-10/h1-7,19H,(H,15,20). The Morgan fingerprint density at radius 2 is 2.18 bits per heavy atom. The maximum atomic E-state index is 12.1. The Bertz CT molecular complexity index is 856. The predicted octanol–water partition coefficient (Wildman–Crippen LogP) is 1.60. The minimum atomic E-state index is -0.640. The molecule has 0 aliphatic rings. The summed E-state index contributed by atoms with van der Waals surface area (Å²) in [6, 6.07) is 6.54. The van der Waals surface area contributed by atoms with Crippen LogP contribution in [0.5, 0.6) is 5.75 Å². The molecule has 9 nitrogen and oxygen atoms in total. The van der Waals surface area contributed by atoms with Crippen molar-refractivity contribution in [2.24, 2.45) is 0 Å². The zero-order valence-electron chi connectivity index (χ0n) is 11.0. The van der Waals surface area contributed by atoms with Gasteiger partial charge in [-0.3, -0.25) is 14.9 Å². The van der Waals surface area contributed by atoms with Gasteiger partial charge in [0.15, 0.2) is 11.3 Å². The Labute approximate surface area is 123 Å². The van der Waals surface area contributed by atoms with Gasteiger partial charge in [0.25, 0.3) is 11.6 Å². The van der Waals surface area contributed by atoms with Crippen LogP contribution >= 0.6 is 0 Å². The number of nitrogens with one attached hydrogen (secondary N) is 1. The molecule has 0 radical (unpaired) electrons. The minimum absolute atomic E-state index is 0.0561. The average Bonchev–Trinajstić information content (AvgIpc) is 2.93. The second-order valence-electron chi connectivity index (χ2n) is 4.36. The highest BCUT2D eigenvalue weighted by atomic mass is 16.6. The lowest BCUT2D eigenvalue weighted by Crippen LogP contribution is -2.12. The van der Waals surface area contributed by atoms with E-state index in [-0.39, 0.29) is 17.1 Å². The lowest BCUT2D eigenvalue weighted by Gasteiger charge is -2.05. The SMILES string of the molecule is O=C(Nc1ccc([N+](=O)[O-])cc1O)c1cc2ncccn2n1. The maximum absolute atomic E-state index is 12.1. The summed E-state index contributed by atoms with van der Waals surface area (Å²) in [5, 5.41) is 26.8. The zero-order chi connectivity index (χ0) is 15.7. The summed E-state index contributed by atoms with van der Waals surface area (Å²) in [5.41, 5.74) is 0.394. The van der Waals surface area contributed by atoms with Crippen LogP contribution in [0.15, 0.2) is 42.7 Å². The molecule has 0 spiro atoms. The molecule has 0 bridgehead atoms. The molecule has 2 heterocycles. The minimum Gasteiger partial charge on any atom is -0.506 e. The lowest BCUT2D eigenvalue weighted by molar-refractivity contribution is -0.384. The van der Waals surface area contributed by atoms with Crippen molar-refractivity contribution in [2.45, 2.75) is 0 Å². The normalized spacial score (nSPS) is 10.5. The smallest absolute Gasteiger partial charge is 0.276 e. The fourth-order valence-electron chi connectivity index (χ4n) is 1.87. The van der Waals surface area contributed by atoms with Crippen molar-refractivity contribution < 1.29 is 14.8 Å². The van der Waals surface area contributed by atoms with Crippen molar-refractivity contribution >= 4 is 22.9 Å². The summed E-state index contributed by atoms with van der Waals surface area (Å²) < 4.78 is 1.44. The molecule has 0 fully saturated rings.